The molecular weight excluding hydrogens is 284 g/mol. The van der Waals surface area contributed by atoms with Gasteiger partial charge < -0.3 is 5.11 Å². The molecule has 3 heteroatoms. The van der Waals surface area contributed by atoms with Gasteiger partial charge in [-0.2, -0.15) is 0 Å². The summed E-state index contributed by atoms with van der Waals surface area (Å²) in [6.07, 6.45) is 8.56. The molecule has 0 radical (unpaired) electrons. The Kier molecular flexibility index (Phi) is 10.8. The Morgan fingerprint density at radius 3 is 1.92 bits per heavy atom. The smallest absolute Gasteiger partial charge is 0.109 e. The van der Waals surface area contributed by atoms with E-state index in [1.54, 1.807) is 0 Å². The largest absolute Gasteiger partial charge is 0.382 e. The predicted molar refractivity (Wildman–Crippen MR) is 61.0 cm³/mol. The summed E-state index contributed by atoms with van der Waals surface area (Å²) in [5.74, 6) is 0. The Balaban J connectivity index is 2.82. The first-order valence-electron chi connectivity index (χ1n) is 4.65. The van der Waals surface area contributed by atoms with E-state index < -0.39 is 0 Å². The van der Waals surface area contributed by atoms with E-state index in [4.69, 9.17) is 5.11 Å². The maximum atomic E-state index is 8.90. The second-order valence-corrected chi connectivity index (χ2v) is 4.88. The van der Waals surface area contributed by atoms with Crippen LogP contribution in [0, 0.1) is 0 Å². The molecule has 74 valence electrons. The lowest BCUT2D eigenvalue weighted by Gasteiger charge is -2.02. The molecule has 0 aromatic heterocycles. The van der Waals surface area contributed by atoms with Crippen molar-refractivity contribution >= 4 is 31.9 Å². The van der Waals surface area contributed by atoms with Crippen molar-refractivity contribution in [1.82, 2.24) is 0 Å². The second kappa shape index (κ2) is 10.0. The Hall–Kier alpha value is 0.920. The number of unbranched alkanes of at least 4 members (excludes halogenated alkanes) is 5. The van der Waals surface area contributed by atoms with Crippen LogP contribution in [0.1, 0.15) is 44.9 Å². The molecule has 0 rings (SSSR count). The monoisotopic (exact) mass is 300 g/mol. The number of hydrogen-bond acceptors (Lipinski definition) is 1. The average molecular weight is 302 g/mol. The summed E-state index contributed by atoms with van der Waals surface area (Å²) < 4.78 is 0. The molecule has 0 fully saturated rings. The summed E-state index contributed by atoms with van der Waals surface area (Å²) in [5, 5.41) is 9.74. The highest BCUT2D eigenvalue weighted by atomic mass is 79.9. The number of alkyl halides is 2. The van der Waals surface area contributed by atoms with Crippen molar-refractivity contribution in [1.29, 1.82) is 0 Å². The lowest BCUT2D eigenvalue weighted by Crippen LogP contribution is -1.93. The molecule has 0 saturated heterocycles. The lowest BCUT2D eigenvalue weighted by atomic mass is 10.1. The molecule has 12 heavy (non-hydrogen) atoms. The lowest BCUT2D eigenvalue weighted by molar-refractivity contribution is 0.254. The number of aliphatic hydroxyl groups excluding tert-OH is 1. The summed E-state index contributed by atoms with van der Waals surface area (Å²) in [5.41, 5.74) is 0. The van der Waals surface area contributed by atoms with Gasteiger partial charge in [0.1, 0.15) is 5.01 Å². The zero-order valence-corrected chi connectivity index (χ0v) is 10.6. The van der Waals surface area contributed by atoms with Gasteiger partial charge in [-0.3, -0.25) is 0 Å². The maximum Gasteiger partial charge on any atom is 0.109 e. The topological polar surface area (TPSA) is 20.2 Å². The van der Waals surface area contributed by atoms with Gasteiger partial charge in [0.05, 0.1) is 0 Å². The van der Waals surface area contributed by atoms with Crippen molar-refractivity contribution in [2.75, 3.05) is 5.33 Å². The quantitative estimate of drug-likeness (QED) is 0.534. The van der Waals surface area contributed by atoms with E-state index in [1.807, 2.05) is 0 Å². The van der Waals surface area contributed by atoms with Gasteiger partial charge >= 0.3 is 0 Å². The van der Waals surface area contributed by atoms with Crippen LogP contribution in [0.4, 0.5) is 0 Å². The van der Waals surface area contributed by atoms with Gasteiger partial charge in [-0.25, -0.2) is 0 Å². The Morgan fingerprint density at radius 1 is 0.917 bits per heavy atom. The van der Waals surface area contributed by atoms with Gasteiger partial charge in [0.2, 0.25) is 0 Å². The van der Waals surface area contributed by atoms with Crippen molar-refractivity contribution in [2.24, 2.45) is 0 Å². The van der Waals surface area contributed by atoms with Crippen LogP contribution in [0.3, 0.4) is 0 Å². The van der Waals surface area contributed by atoms with E-state index in [0.29, 0.717) is 0 Å². The van der Waals surface area contributed by atoms with Crippen LogP contribution in [0.2, 0.25) is 0 Å². The molecular formula is C9H18Br2O. The summed E-state index contributed by atoms with van der Waals surface area (Å²) in [6, 6.07) is 0. The van der Waals surface area contributed by atoms with E-state index in [1.165, 1.54) is 32.1 Å². The normalized spacial score (nSPS) is 13.2. The molecule has 1 N–H and O–H groups in total. The minimum atomic E-state index is -0.292. The van der Waals surface area contributed by atoms with Crippen LogP contribution in [-0.4, -0.2) is 15.4 Å². The van der Waals surface area contributed by atoms with Gasteiger partial charge in [0.25, 0.3) is 0 Å². The molecule has 0 aliphatic rings. The molecule has 0 saturated carbocycles. The summed E-state index contributed by atoms with van der Waals surface area (Å²) in [4.78, 5) is 0. The van der Waals surface area contributed by atoms with Gasteiger partial charge in [-0.1, -0.05) is 57.5 Å². The standard InChI is InChI=1S/C9H18Br2O/c10-8-6-4-2-1-3-5-7-9(11)12/h9,12H,1-8H2. The highest BCUT2D eigenvalue weighted by Crippen LogP contribution is 2.11. The van der Waals surface area contributed by atoms with Gasteiger partial charge in [-0.15, -0.1) is 0 Å². The van der Waals surface area contributed by atoms with Crippen LogP contribution in [0.25, 0.3) is 0 Å². The predicted octanol–water partition coefficient (Wildman–Crippen LogP) is 3.83. The van der Waals surface area contributed by atoms with E-state index in [9.17, 15) is 0 Å². The zero-order chi connectivity index (χ0) is 9.23. The van der Waals surface area contributed by atoms with E-state index in [0.717, 1.165) is 18.2 Å². The first kappa shape index (κ1) is 12.9. The third-order valence-corrected chi connectivity index (χ3v) is 2.84. The fraction of sp³-hybridized carbons (Fsp3) is 1.00. The Bertz CT molecular complexity index is 86.6. The summed E-state index contributed by atoms with van der Waals surface area (Å²) in [7, 11) is 0. The van der Waals surface area contributed by atoms with Gasteiger partial charge in [0.15, 0.2) is 0 Å². The fourth-order valence-corrected chi connectivity index (χ4v) is 1.83. The molecule has 0 aliphatic carbocycles. The van der Waals surface area contributed by atoms with E-state index >= 15 is 0 Å². The van der Waals surface area contributed by atoms with E-state index in [-0.39, 0.29) is 5.01 Å². The minimum Gasteiger partial charge on any atom is -0.382 e. The molecule has 0 aromatic rings. The first-order chi connectivity index (χ1) is 5.77. The molecule has 0 aromatic carbocycles. The van der Waals surface area contributed by atoms with Crippen molar-refractivity contribution in [3.63, 3.8) is 0 Å². The van der Waals surface area contributed by atoms with Crippen LogP contribution in [0.5, 0.6) is 0 Å². The minimum absolute atomic E-state index is 0.292. The molecule has 0 amide bonds. The third-order valence-electron chi connectivity index (χ3n) is 1.83. The van der Waals surface area contributed by atoms with Crippen molar-refractivity contribution in [3.05, 3.63) is 0 Å². The number of hydrogen-bond donors (Lipinski definition) is 1. The Morgan fingerprint density at radius 2 is 1.42 bits per heavy atom. The molecule has 1 atom stereocenters. The molecule has 0 aliphatic heterocycles. The molecule has 0 spiro atoms. The maximum absolute atomic E-state index is 8.90. The van der Waals surface area contributed by atoms with Crippen LogP contribution < -0.4 is 0 Å². The molecule has 0 bridgehead atoms. The molecule has 1 nitrogen and oxygen atoms in total. The molecule has 0 heterocycles. The van der Waals surface area contributed by atoms with Gasteiger partial charge in [-0.05, 0) is 19.3 Å². The summed E-state index contributed by atoms with van der Waals surface area (Å²) >= 11 is 6.53. The number of halogens is 2. The second-order valence-electron chi connectivity index (χ2n) is 3.03. The molecule has 1 unspecified atom stereocenters. The van der Waals surface area contributed by atoms with Crippen LogP contribution >= 0.6 is 31.9 Å². The zero-order valence-electron chi connectivity index (χ0n) is 7.44. The third kappa shape index (κ3) is 10.9. The highest BCUT2D eigenvalue weighted by Gasteiger charge is 1.96. The SMILES string of the molecule is OC(Br)CCCCCCCCBr. The highest BCUT2D eigenvalue weighted by molar-refractivity contribution is 9.09. The van der Waals surface area contributed by atoms with Crippen LogP contribution in [-0.2, 0) is 0 Å². The summed E-state index contributed by atoms with van der Waals surface area (Å²) in [6.45, 7) is 0. The number of rotatable bonds is 8. The van der Waals surface area contributed by atoms with Crippen molar-refractivity contribution in [2.45, 2.75) is 50.0 Å². The number of aliphatic hydroxyl groups is 1. The van der Waals surface area contributed by atoms with Crippen LogP contribution in [0.15, 0.2) is 0 Å². The van der Waals surface area contributed by atoms with Crippen molar-refractivity contribution in [3.8, 4) is 0 Å². The fourth-order valence-electron chi connectivity index (χ4n) is 1.11. The Labute approximate surface area is 92.2 Å². The first-order valence-corrected chi connectivity index (χ1v) is 6.69. The average Bonchev–Trinajstić information content (AvgIpc) is 2.02. The van der Waals surface area contributed by atoms with Gasteiger partial charge in [0, 0.05) is 5.33 Å². The van der Waals surface area contributed by atoms with Crippen molar-refractivity contribution < 1.29 is 5.11 Å². The van der Waals surface area contributed by atoms with E-state index in [2.05, 4.69) is 31.9 Å².